The van der Waals surface area contributed by atoms with E-state index in [4.69, 9.17) is 4.74 Å². The summed E-state index contributed by atoms with van der Waals surface area (Å²) in [6.45, 7) is 0. The minimum Gasteiger partial charge on any atom is -0.364 e. The number of aromatic nitrogens is 1. The van der Waals surface area contributed by atoms with E-state index >= 15 is 0 Å². The number of pyridine rings is 1. The monoisotopic (exact) mass is 259 g/mol. The Bertz CT molecular complexity index is 671. The molecule has 0 amide bonds. The van der Waals surface area contributed by atoms with Crippen LogP contribution in [0.4, 0.5) is 8.78 Å². The van der Waals surface area contributed by atoms with Crippen LogP contribution < -0.4 is 0 Å². The molecule has 4 rings (SSSR count). The van der Waals surface area contributed by atoms with Gasteiger partial charge in [-0.1, -0.05) is 0 Å². The third kappa shape index (κ3) is 1.53. The summed E-state index contributed by atoms with van der Waals surface area (Å²) in [5, 5.41) is 0. The van der Waals surface area contributed by atoms with Crippen molar-refractivity contribution in [2.75, 3.05) is 0 Å². The first kappa shape index (κ1) is 11.1. The largest absolute Gasteiger partial charge is 0.364 e. The van der Waals surface area contributed by atoms with E-state index in [-0.39, 0.29) is 12.2 Å². The zero-order chi connectivity index (χ0) is 13.0. The van der Waals surface area contributed by atoms with Gasteiger partial charge in [-0.3, -0.25) is 4.98 Å². The SMILES string of the molecule is Fc1ccc(-c2ccnc3c2[C@@H]2CC[C@H]3O2)c(F)c1. The van der Waals surface area contributed by atoms with E-state index in [0.717, 1.165) is 35.7 Å². The number of hydrogen-bond acceptors (Lipinski definition) is 2. The maximum atomic E-state index is 13.9. The molecule has 1 aromatic heterocycles. The summed E-state index contributed by atoms with van der Waals surface area (Å²) in [5.74, 6) is -1.11. The van der Waals surface area contributed by atoms with Gasteiger partial charge < -0.3 is 4.74 Å². The summed E-state index contributed by atoms with van der Waals surface area (Å²) in [7, 11) is 0. The van der Waals surface area contributed by atoms with E-state index < -0.39 is 11.6 Å². The Morgan fingerprint density at radius 3 is 2.74 bits per heavy atom. The smallest absolute Gasteiger partial charge is 0.133 e. The summed E-state index contributed by atoms with van der Waals surface area (Å²) >= 11 is 0. The number of rotatable bonds is 1. The van der Waals surface area contributed by atoms with Crippen LogP contribution >= 0.6 is 0 Å². The van der Waals surface area contributed by atoms with E-state index in [9.17, 15) is 8.78 Å². The molecule has 1 fully saturated rings. The molecule has 0 aliphatic carbocycles. The molecule has 1 aromatic carbocycles. The van der Waals surface area contributed by atoms with Gasteiger partial charge >= 0.3 is 0 Å². The normalized spacial score (nSPS) is 23.7. The molecular weight excluding hydrogens is 248 g/mol. The molecule has 0 N–H and O–H groups in total. The number of nitrogens with zero attached hydrogens (tertiary/aromatic N) is 1. The summed E-state index contributed by atoms with van der Waals surface area (Å²) < 4.78 is 32.8. The third-order valence-corrected chi connectivity index (χ3v) is 3.89. The highest BCUT2D eigenvalue weighted by Crippen LogP contribution is 2.52. The van der Waals surface area contributed by atoms with Crippen molar-refractivity contribution in [3.8, 4) is 11.1 Å². The maximum absolute atomic E-state index is 13.9. The molecule has 19 heavy (non-hydrogen) atoms. The molecule has 2 atom stereocenters. The Morgan fingerprint density at radius 2 is 1.89 bits per heavy atom. The van der Waals surface area contributed by atoms with Crippen LogP contribution in [-0.2, 0) is 4.74 Å². The molecule has 2 nitrogen and oxygen atoms in total. The lowest BCUT2D eigenvalue weighted by molar-refractivity contribution is 0.0705. The van der Waals surface area contributed by atoms with Gasteiger partial charge in [0.05, 0.1) is 11.8 Å². The lowest BCUT2D eigenvalue weighted by atomic mass is 9.89. The van der Waals surface area contributed by atoms with Gasteiger partial charge in [0.2, 0.25) is 0 Å². The lowest BCUT2D eigenvalue weighted by Gasteiger charge is -2.15. The van der Waals surface area contributed by atoms with Gasteiger partial charge in [-0.05, 0) is 36.6 Å². The number of halogens is 2. The maximum Gasteiger partial charge on any atom is 0.133 e. The lowest BCUT2D eigenvalue weighted by Crippen LogP contribution is -2.03. The van der Waals surface area contributed by atoms with Crippen molar-refractivity contribution >= 4 is 0 Å². The van der Waals surface area contributed by atoms with Crippen molar-refractivity contribution in [1.82, 2.24) is 4.98 Å². The van der Waals surface area contributed by atoms with Crippen LogP contribution in [0, 0.1) is 11.6 Å². The first-order valence-corrected chi connectivity index (χ1v) is 6.34. The molecule has 4 heteroatoms. The third-order valence-electron chi connectivity index (χ3n) is 3.89. The van der Waals surface area contributed by atoms with Gasteiger partial charge in [0.1, 0.15) is 17.7 Å². The minimum atomic E-state index is -0.565. The molecule has 96 valence electrons. The fourth-order valence-electron chi connectivity index (χ4n) is 3.08. The second-order valence-corrected chi connectivity index (χ2v) is 4.97. The average Bonchev–Trinajstić information content (AvgIpc) is 3.00. The standard InChI is InChI=1S/C15H11F2NO/c16-8-1-2-9(11(17)7-8)10-5-6-18-15-13-4-3-12(19-13)14(10)15/h1-2,5-7,12-13H,3-4H2/t12-,13+/m0/s1. The summed E-state index contributed by atoms with van der Waals surface area (Å²) in [6.07, 6.45) is 3.64. The first-order chi connectivity index (χ1) is 9.24. The van der Waals surface area contributed by atoms with Gasteiger partial charge in [-0.25, -0.2) is 8.78 Å². The fraction of sp³-hybridized carbons (Fsp3) is 0.267. The van der Waals surface area contributed by atoms with Crippen LogP contribution in [-0.4, -0.2) is 4.98 Å². The van der Waals surface area contributed by atoms with Crippen molar-refractivity contribution in [3.63, 3.8) is 0 Å². The molecule has 0 unspecified atom stereocenters. The predicted octanol–water partition coefficient (Wildman–Crippen LogP) is 3.93. The van der Waals surface area contributed by atoms with Gasteiger partial charge in [0, 0.05) is 23.4 Å². The van der Waals surface area contributed by atoms with Gasteiger partial charge in [-0.15, -0.1) is 0 Å². The molecule has 0 saturated carbocycles. The molecule has 2 aliphatic rings. The Hall–Kier alpha value is -1.81. The van der Waals surface area contributed by atoms with Gasteiger partial charge in [0.15, 0.2) is 0 Å². The van der Waals surface area contributed by atoms with E-state index in [1.807, 2.05) is 0 Å². The van der Waals surface area contributed by atoms with Crippen molar-refractivity contribution in [2.45, 2.75) is 25.0 Å². The Morgan fingerprint density at radius 1 is 1.05 bits per heavy atom. The van der Waals surface area contributed by atoms with Crippen LogP contribution in [0.1, 0.15) is 36.3 Å². The highest BCUT2D eigenvalue weighted by molar-refractivity contribution is 5.70. The van der Waals surface area contributed by atoms with Crippen molar-refractivity contribution < 1.29 is 13.5 Å². The van der Waals surface area contributed by atoms with E-state index in [2.05, 4.69) is 4.98 Å². The number of ether oxygens (including phenoxy) is 1. The molecule has 3 heterocycles. The van der Waals surface area contributed by atoms with Gasteiger partial charge in [0.25, 0.3) is 0 Å². The molecular formula is C15H11F2NO. The number of hydrogen-bond donors (Lipinski definition) is 0. The number of fused-ring (bicyclic) bond motifs is 5. The summed E-state index contributed by atoms with van der Waals surface area (Å²) in [4.78, 5) is 4.35. The van der Waals surface area contributed by atoms with Crippen LogP contribution in [0.15, 0.2) is 30.5 Å². The molecule has 2 aliphatic heterocycles. The van der Waals surface area contributed by atoms with Crippen LogP contribution in [0.25, 0.3) is 11.1 Å². The van der Waals surface area contributed by atoms with Crippen LogP contribution in [0.2, 0.25) is 0 Å². The molecule has 0 radical (unpaired) electrons. The van der Waals surface area contributed by atoms with Gasteiger partial charge in [-0.2, -0.15) is 0 Å². The predicted molar refractivity (Wildman–Crippen MR) is 65.4 cm³/mol. The second-order valence-electron chi connectivity index (χ2n) is 4.97. The number of benzene rings is 1. The topological polar surface area (TPSA) is 22.1 Å². The van der Waals surface area contributed by atoms with E-state index in [1.165, 1.54) is 12.1 Å². The zero-order valence-corrected chi connectivity index (χ0v) is 10.1. The van der Waals surface area contributed by atoms with Crippen LogP contribution in [0.5, 0.6) is 0 Å². The summed E-state index contributed by atoms with van der Waals surface area (Å²) in [5.41, 5.74) is 3.08. The average molecular weight is 259 g/mol. The Labute approximate surface area is 109 Å². The fourth-order valence-corrected chi connectivity index (χ4v) is 3.08. The molecule has 1 saturated heterocycles. The summed E-state index contributed by atoms with van der Waals surface area (Å²) in [6, 6.07) is 5.45. The quantitative estimate of drug-likeness (QED) is 0.774. The Balaban J connectivity index is 1.94. The van der Waals surface area contributed by atoms with E-state index in [0.29, 0.717) is 5.56 Å². The van der Waals surface area contributed by atoms with Crippen molar-refractivity contribution in [2.24, 2.45) is 0 Å². The van der Waals surface area contributed by atoms with Crippen molar-refractivity contribution in [3.05, 3.63) is 53.4 Å². The molecule has 2 bridgehead atoms. The van der Waals surface area contributed by atoms with Crippen molar-refractivity contribution in [1.29, 1.82) is 0 Å². The highest BCUT2D eigenvalue weighted by atomic mass is 19.1. The second kappa shape index (κ2) is 3.84. The van der Waals surface area contributed by atoms with Crippen LogP contribution in [0.3, 0.4) is 0 Å². The first-order valence-electron chi connectivity index (χ1n) is 6.34. The Kier molecular flexibility index (Phi) is 2.23. The molecule has 0 spiro atoms. The minimum absolute atomic E-state index is 0.00755. The zero-order valence-electron chi connectivity index (χ0n) is 10.1. The highest BCUT2D eigenvalue weighted by Gasteiger charge is 2.41. The molecule has 2 aromatic rings. The van der Waals surface area contributed by atoms with E-state index in [1.54, 1.807) is 12.3 Å².